The highest BCUT2D eigenvalue weighted by molar-refractivity contribution is 5.85. The number of hydrogen-bond acceptors (Lipinski definition) is 5. The van der Waals surface area contributed by atoms with E-state index >= 15 is 0 Å². The van der Waals surface area contributed by atoms with Crippen molar-refractivity contribution in [3.8, 4) is 11.5 Å². The van der Waals surface area contributed by atoms with Crippen molar-refractivity contribution < 1.29 is 4.42 Å². The quantitative estimate of drug-likeness (QED) is 0.461. The van der Waals surface area contributed by atoms with Gasteiger partial charge in [-0.25, -0.2) is 5.84 Å². The Labute approximate surface area is 85.2 Å². The first-order valence-electron chi connectivity index (χ1n) is 4.50. The van der Waals surface area contributed by atoms with Gasteiger partial charge in [-0.3, -0.25) is 0 Å². The number of nitrogen functional groups attached to an aromatic ring is 1. The van der Waals surface area contributed by atoms with Gasteiger partial charge in [0.15, 0.2) is 5.82 Å². The van der Waals surface area contributed by atoms with Gasteiger partial charge in [0, 0.05) is 5.39 Å². The molecule has 3 N–H and O–H groups in total. The number of hydrazine groups is 1. The fourth-order valence-electron chi connectivity index (χ4n) is 1.57. The molecule has 0 fully saturated rings. The molecule has 0 saturated heterocycles. The molecule has 0 atom stereocenters. The van der Waals surface area contributed by atoms with Crippen LogP contribution in [0.1, 0.15) is 0 Å². The minimum atomic E-state index is 0.488. The summed E-state index contributed by atoms with van der Waals surface area (Å²) in [7, 11) is 0. The van der Waals surface area contributed by atoms with E-state index in [1.807, 2.05) is 30.3 Å². The molecule has 5 heteroatoms. The number of nitrogens with zero attached hydrogens (tertiary/aromatic N) is 2. The highest BCUT2D eigenvalue weighted by Gasteiger charge is 2.15. The molecule has 0 amide bonds. The summed E-state index contributed by atoms with van der Waals surface area (Å²) >= 11 is 0. The molecule has 0 bridgehead atoms. The third kappa shape index (κ3) is 1.14. The van der Waals surface area contributed by atoms with Crippen LogP contribution in [0.2, 0.25) is 0 Å². The van der Waals surface area contributed by atoms with Crippen LogP contribution in [0.4, 0.5) is 5.82 Å². The summed E-state index contributed by atoms with van der Waals surface area (Å²) in [5.41, 5.74) is 4.05. The van der Waals surface area contributed by atoms with Gasteiger partial charge < -0.3 is 9.84 Å². The second-order valence-corrected chi connectivity index (χ2v) is 3.20. The maximum Gasteiger partial charge on any atom is 0.250 e. The number of para-hydroxylation sites is 1. The first-order chi connectivity index (χ1) is 7.38. The number of rotatable bonds is 1. The van der Waals surface area contributed by atoms with Gasteiger partial charge in [-0.15, -0.1) is 10.2 Å². The number of fused-ring (bicyclic) bond motifs is 2. The zero-order chi connectivity index (χ0) is 10.3. The lowest BCUT2D eigenvalue weighted by Crippen LogP contribution is -2.07. The van der Waals surface area contributed by atoms with Gasteiger partial charge in [-0.2, -0.15) is 0 Å². The number of benzene rings is 1. The minimum absolute atomic E-state index is 0.488. The molecule has 3 rings (SSSR count). The minimum Gasteiger partial charge on any atom is -0.436 e. The summed E-state index contributed by atoms with van der Waals surface area (Å²) in [5.74, 6) is 6.33. The predicted octanol–water partition coefficient (Wildman–Crippen LogP) is 1.61. The Balaban J connectivity index is 2.40. The number of anilines is 1. The van der Waals surface area contributed by atoms with Crippen molar-refractivity contribution in [3.05, 3.63) is 30.3 Å². The Morgan fingerprint density at radius 1 is 1.20 bits per heavy atom. The van der Waals surface area contributed by atoms with Gasteiger partial charge in [0.1, 0.15) is 5.58 Å². The van der Waals surface area contributed by atoms with Crippen LogP contribution in [-0.2, 0) is 0 Å². The third-order valence-electron chi connectivity index (χ3n) is 2.29. The van der Waals surface area contributed by atoms with E-state index in [2.05, 4.69) is 15.6 Å². The Hall–Kier alpha value is -2.14. The van der Waals surface area contributed by atoms with E-state index in [0.29, 0.717) is 11.7 Å². The molecule has 0 unspecified atom stereocenters. The second kappa shape index (κ2) is 2.93. The summed E-state index contributed by atoms with van der Waals surface area (Å²) in [4.78, 5) is 0. The Bertz CT molecular complexity index is 589. The van der Waals surface area contributed by atoms with Crippen LogP contribution in [0.25, 0.3) is 22.4 Å². The standard InChI is InChI=1S/C10H8N4O/c11-12-9-7-5-6-3-1-2-4-8(6)15-10(7)14-13-9/h1-5H,11H2,(H,12,13). The van der Waals surface area contributed by atoms with Crippen molar-refractivity contribution in [2.75, 3.05) is 5.43 Å². The Morgan fingerprint density at radius 3 is 2.93 bits per heavy atom. The van der Waals surface area contributed by atoms with E-state index in [1.165, 1.54) is 0 Å². The summed E-state index contributed by atoms with van der Waals surface area (Å²) in [6.07, 6.45) is 0. The summed E-state index contributed by atoms with van der Waals surface area (Å²) < 4.78 is 5.56. The highest BCUT2D eigenvalue weighted by atomic mass is 16.3. The van der Waals surface area contributed by atoms with Gasteiger partial charge in [-0.05, 0) is 12.1 Å². The maximum absolute atomic E-state index is 5.56. The van der Waals surface area contributed by atoms with Crippen LogP contribution in [0.3, 0.4) is 0 Å². The van der Waals surface area contributed by atoms with Crippen molar-refractivity contribution in [2.24, 2.45) is 5.84 Å². The molecule has 15 heavy (non-hydrogen) atoms. The van der Waals surface area contributed by atoms with Gasteiger partial charge >= 0.3 is 0 Å². The molecule has 1 aromatic carbocycles. The summed E-state index contributed by atoms with van der Waals surface area (Å²) in [5, 5.41) is 8.73. The van der Waals surface area contributed by atoms with E-state index in [0.717, 1.165) is 16.5 Å². The molecule has 0 aromatic heterocycles. The first-order valence-corrected chi connectivity index (χ1v) is 4.50. The number of nitrogens with one attached hydrogen (secondary N) is 1. The Kier molecular flexibility index (Phi) is 1.60. The summed E-state index contributed by atoms with van der Waals surface area (Å²) in [6, 6.07) is 9.66. The molecular weight excluding hydrogens is 192 g/mol. The van der Waals surface area contributed by atoms with Gasteiger partial charge in [0.05, 0.1) is 5.56 Å². The lowest BCUT2D eigenvalue weighted by molar-refractivity contribution is 0.598. The van der Waals surface area contributed by atoms with Crippen LogP contribution >= 0.6 is 0 Å². The van der Waals surface area contributed by atoms with Gasteiger partial charge in [0.25, 0.3) is 0 Å². The highest BCUT2D eigenvalue weighted by Crippen LogP contribution is 2.30. The predicted molar refractivity (Wildman–Crippen MR) is 56.2 cm³/mol. The van der Waals surface area contributed by atoms with E-state index in [9.17, 15) is 0 Å². The van der Waals surface area contributed by atoms with E-state index in [-0.39, 0.29) is 0 Å². The first kappa shape index (κ1) is 8.19. The van der Waals surface area contributed by atoms with E-state index in [4.69, 9.17) is 10.3 Å². The molecule has 5 nitrogen and oxygen atoms in total. The van der Waals surface area contributed by atoms with Crippen LogP contribution in [0.15, 0.2) is 34.7 Å². The van der Waals surface area contributed by atoms with Crippen LogP contribution < -0.4 is 11.3 Å². The fourth-order valence-corrected chi connectivity index (χ4v) is 1.57. The third-order valence-corrected chi connectivity index (χ3v) is 2.29. The molecule has 2 aliphatic heterocycles. The summed E-state index contributed by atoms with van der Waals surface area (Å²) in [6.45, 7) is 0. The smallest absolute Gasteiger partial charge is 0.250 e. The largest absolute Gasteiger partial charge is 0.436 e. The van der Waals surface area contributed by atoms with Crippen LogP contribution in [0, 0.1) is 0 Å². The monoisotopic (exact) mass is 200 g/mol. The number of aromatic nitrogens is 2. The molecule has 0 radical (unpaired) electrons. The SMILES string of the molecule is NNc1nnc2oc3ccccc3cc1-2. The molecule has 2 heterocycles. The molecule has 2 aliphatic rings. The average molecular weight is 200 g/mol. The maximum atomic E-state index is 5.56. The van der Waals surface area contributed by atoms with Crippen molar-refractivity contribution in [2.45, 2.75) is 0 Å². The molecule has 0 aliphatic carbocycles. The molecule has 74 valence electrons. The molecule has 0 spiro atoms. The molecular formula is C10H8N4O. The normalized spacial score (nSPS) is 11.0. The number of hydrogen-bond donors (Lipinski definition) is 2. The lowest BCUT2D eigenvalue weighted by atomic mass is 10.2. The molecule has 0 saturated carbocycles. The van der Waals surface area contributed by atoms with Crippen LogP contribution in [0.5, 0.6) is 0 Å². The average Bonchev–Trinajstić information content (AvgIpc) is 2.68. The van der Waals surface area contributed by atoms with E-state index < -0.39 is 0 Å². The van der Waals surface area contributed by atoms with Crippen molar-refractivity contribution in [1.82, 2.24) is 10.2 Å². The van der Waals surface area contributed by atoms with Crippen molar-refractivity contribution >= 4 is 16.8 Å². The van der Waals surface area contributed by atoms with Crippen LogP contribution in [-0.4, -0.2) is 10.2 Å². The van der Waals surface area contributed by atoms with Crippen molar-refractivity contribution in [1.29, 1.82) is 0 Å². The zero-order valence-corrected chi connectivity index (χ0v) is 7.77. The van der Waals surface area contributed by atoms with E-state index in [1.54, 1.807) is 0 Å². The zero-order valence-electron chi connectivity index (χ0n) is 7.77. The lowest BCUT2D eigenvalue weighted by Gasteiger charge is -2.01. The number of nitrogens with two attached hydrogens (primary N) is 1. The van der Waals surface area contributed by atoms with Crippen molar-refractivity contribution in [3.63, 3.8) is 0 Å². The second-order valence-electron chi connectivity index (χ2n) is 3.20. The Morgan fingerprint density at radius 2 is 2.07 bits per heavy atom. The topological polar surface area (TPSA) is 77.0 Å². The van der Waals surface area contributed by atoms with Gasteiger partial charge in [-0.1, -0.05) is 18.2 Å². The fraction of sp³-hybridized carbons (Fsp3) is 0. The van der Waals surface area contributed by atoms with Gasteiger partial charge in [0.2, 0.25) is 5.89 Å². The molecule has 1 aromatic rings.